The Hall–Kier alpha value is -1.39. The number of aliphatic carboxylic acids is 1. The van der Waals surface area contributed by atoms with Gasteiger partial charge in [-0.05, 0) is 5.56 Å². The van der Waals surface area contributed by atoms with E-state index in [1.54, 1.807) is 0 Å². The third-order valence-corrected chi connectivity index (χ3v) is 3.22. The number of carboxylic acid groups (broad SMARTS) is 1. The van der Waals surface area contributed by atoms with E-state index in [-0.39, 0.29) is 6.10 Å². The molecular formula is C13H16O4. The van der Waals surface area contributed by atoms with Crippen LogP contribution in [0.25, 0.3) is 0 Å². The number of carbonyl (C=O) groups is 1. The summed E-state index contributed by atoms with van der Waals surface area (Å²) >= 11 is 0. The second-order valence-corrected chi connectivity index (χ2v) is 4.33. The number of methoxy groups -OCH3 is 1. The molecule has 0 radical (unpaired) electrons. The van der Waals surface area contributed by atoms with Gasteiger partial charge in [-0.2, -0.15) is 0 Å². The lowest BCUT2D eigenvalue weighted by atomic mass is 9.77. The van der Waals surface area contributed by atoms with Crippen molar-refractivity contribution in [1.82, 2.24) is 0 Å². The Bertz CT molecular complexity index is 382. The van der Waals surface area contributed by atoms with Crippen LogP contribution in [0.1, 0.15) is 18.4 Å². The van der Waals surface area contributed by atoms with Crippen molar-refractivity contribution in [2.45, 2.75) is 31.2 Å². The smallest absolute Gasteiger partial charge is 0.336 e. The first-order valence-corrected chi connectivity index (χ1v) is 5.60. The molecule has 0 aromatic heterocycles. The van der Waals surface area contributed by atoms with Crippen LogP contribution in [0.5, 0.6) is 0 Å². The molecule has 0 bridgehead atoms. The quantitative estimate of drug-likeness (QED) is 0.847. The first-order valence-electron chi connectivity index (χ1n) is 5.60. The van der Waals surface area contributed by atoms with Gasteiger partial charge >= 0.3 is 5.97 Å². The molecule has 1 aromatic rings. The minimum absolute atomic E-state index is 0.0220. The highest BCUT2D eigenvalue weighted by atomic mass is 16.5. The van der Waals surface area contributed by atoms with Gasteiger partial charge in [0.25, 0.3) is 0 Å². The number of carboxylic acids is 1. The van der Waals surface area contributed by atoms with E-state index in [9.17, 15) is 4.79 Å². The fourth-order valence-electron chi connectivity index (χ4n) is 2.01. The van der Waals surface area contributed by atoms with Crippen LogP contribution in [-0.4, -0.2) is 29.9 Å². The molecule has 4 nitrogen and oxygen atoms in total. The number of hydrogen-bond donors (Lipinski definition) is 1. The maximum Gasteiger partial charge on any atom is 0.336 e. The minimum Gasteiger partial charge on any atom is -0.479 e. The summed E-state index contributed by atoms with van der Waals surface area (Å²) in [6.07, 6.45) is 0.823. The van der Waals surface area contributed by atoms with E-state index in [2.05, 4.69) is 0 Å². The van der Waals surface area contributed by atoms with Crippen molar-refractivity contribution < 1.29 is 19.4 Å². The van der Waals surface area contributed by atoms with Gasteiger partial charge in [0.05, 0.1) is 12.7 Å². The summed E-state index contributed by atoms with van der Waals surface area (Å²) < 4.78 is 10.7. The van der Waals surface area contributed by atoms with Gasteiger partial charge in [-0.1, -0.05) is 30.3 Å². The molecule has 1 saturated carbocycles. The summed E-state index contributed by atoms with van der Waals surface area (Å²) in [6.45, 7) is 0.519. The van der Waals surface area contributed by atoms with Crippen LogP contribution >= 0.6 is 0 Å². The Labute approximate surface area is 100 Å². The van der Waals surface area contributed by atoms with E-state index in [1.807, 2.05) is 30.3 Å². The zero-order valence-corrected chi connectivity index (χ0v) is 9.76. The average Bonchev–Trinajstić information content (AvgIpc) is 2.29. The van der Waals surface area contributed by atoms with Crippen molar-refractivity contribution >= 4 is 5.97 Å². The van der Waals surface area contributed by atoms with Crippen LogP contribution in [0, 0.1) is 0 Å². The summed E-state index contributed by atoms with van der Waals surface area (Å²) in [5.74, 6) is -0.903. The van der Waals surface area contributed by atoms with Gasteiger partial charge in [-0.25, -0.2) is 4.79 Å². The Balaban J connectivity index is 1.80. The Morgan fingerprint density at radius 3 is 2.59 bits per heavy atom. The lowest BCUT2D eigenvalue weighted by molar-refractivity contribution is -0.196. The summed E-state index contributed by atoms with van der Waals surface area (Å²) in [5.41, 5.74) is 0.0687. The molecule has 0 amide bonds. The molecule has 1 aromatic carbocycles. The highest BCUT2D eigenvalue weighted by Gasteiger charge is 2.51. The number of rotatable bonds is 5. The SMILES string of the molecule is COC1(C(=O)O)CC(OCc2ccccc2)C1. The Morgan fingerprint density at radius 2 is 2.06 bits per heavy atom. The van der Waals surface area contributed by atoms with Crippen molar-refractivity contribution in [3.8, 4) is 0 Å². The maximum atomic E-state index is 11.0. The molecule has 0 spiro atoms. The molecule has 1 aliphatic carbocycles. The molecule has 0 atom stereocenters. The van der Waals surface area contributed by atoms with Gasteiger partial charge in [0.2, 0.25) is 0 Å². The first-order chi connectivity index (χ1) is 8.16. The van der Waals surface area contributed by atoms with Gasteiger partial charge in [-0.3, -0.25) is 0 Å². The van der Waals surface area contributed by atoms with Crippen molar-refractivity contribution in [3.63, 3.8) is 0 Å². The molecule has 0 heterocycles. The third kappa shape index (κ3) is 2.48. The molecule has 1 N–H and O–H groups in total. The van der Waals surface area contributed by atoms with Crippen LogP contribution < -0.4 is 0 Å². The zero-order chi connectivity index (χ0) is 12.3. The number of hydrogen-bond acceptors (Lipinski definition) is 3. The fourth-order valence-corrected chi connectivity index (χ4v) is 2.01. The Morgan fingerprint density at radius 1 is 1.41 bits per heavy atom. The highest BCUT2D eigenvalue weighted by molar-refractivity contribution is 5.79. The second-order valence-electron chi connectivity index (χ2n) is 4.33. The van der Waals surface area contributed by atoms with Crippen LogP contribution in [0.2, 0.25) is 0 Å². The molecule has 17 heavy (non-hydrogen) atoms. The monoisotopic (exact) mass is 236 g/mol. The van der Waals surface area contributed by atoms with Gasteiger partial charge in [0, 0.05) is 20.0 Å². The normalized spacial score (nSPS) is 27.5. The van der Waals surface area contributed by atoms with Gasteiger partial charge in [0.1, 0.15) is 0 Å². The van der Waals surface area contributed by atoms with Gasteiger partial charge < -0.3 is 14.6 Å². The largest absolute Gasteiger partial charge is 0.479 e. The first kappa shape index (κ1) is 12.1. The molecule has 1 fully saturated rings. The predicted octanol–water partition coefficient (Wildman–Crippen LogP) is 1.84. The van der Waals surface area contributed by atoms with Gasteiger partial charge in [-0.15, -0.1) is 0 Å². The average molecular weight is 236 g/mol. The van der Waals surface area contributed by atoms with E-state index >= 15 is 0 Å². The van der Waals surface area contributed by atoms with Crippen LogP contribution in [-0.2, 0) is 20.9 Å². The van der Waals surface area contributed by atoms with Crippen molar-refractivity contribution in [2.75, 3.05) is 7.11 Å². The lowest BCUT2D eigenvalue weighted by Crippen LogP contribution is -2.55. The van der Waals surface area contributed by atoms with E-state index in [0.717, 1.165) is 5.56 Å². The molecule has 92 valence electrons. The Kier molecular flexibility index (Phi) is 3.45. The van der Waals surface area contributed by atoms with E-state index in [0.29, 0.717) is 19.4 Å². The van der Waals surface area contributed by atoms with Crippen LogP contribution in [0.15, 0.2) is 30.3 Å². The molecule has 0 aliphatic heterocycles. The summed E-state index contributed by atoms with van der Waals surface area (Å²) in [7, 11) is 1.43. The van der Waals surface area contributed by atoms with E-state index in [4.69, 9.17) is 14.6 Å². The fraction of sp³-hybridized carbons (Fsp3) is 0.462. The molecule has 0 saturated heterocycles. The zero-order valence-electron chi connectivity index (χ0n) is 9.76. The minimum atomic E-state index is -1.03. The van der Waals surface area contributed by atoms with Crippen molar-refractivity contribution in [2.24, 2.45) is 0 Å². The topological polar surface area (TPSA) is 55.8 Å². The molecule has 2 rings (SSSR count). The van der Waals surface area contributed by atoms with Crippen molar-refractivity contribution in [1.29, 1.82) is 0 Å². The van der Waals surface area contributed by atoms with Crippen molar-refractivity contribution in [3.05, 3.63) is 35.9 Å². The van der Waals surface area contributed by atoms with E-state index in [1.165, 1.54) is 7.11 Å². The number of benzene rings is 1. The summed E-state index contributed by atoms with van der Waals surface area (Å²) in [5, 5.41) is 9.01. The highest BCUT2D eigenvalue weighted by Crippen LogP contribution is 2.38. The van der Waals surface area contributed by atoms with Crippen LogP contribution in [0.4, 0.5) is 0 Å². The second kappa shape index (κ2) is 4.85. The third-order valence-electron chi connectivity index (χ3n) is 3.22. The number of ether oxygens (including phenoxy) is 2. The molecule has 4 heteroatoms. The predicted molar refractivity (Wildman–Crippen MR) is 61.6 cm³/mol. The molecular weight excluding hydrogens is 220 g/mol. The van der Waals surface area contributed by atoms with Gasteiger partial charge in [0.15, 0.2) is 5.60 Å². The molecule has 0 unspecified atom stereocenters. The van der Waals surface area contributed by atoms with E-state index < -0.39 is 11.6 Å². The van der Waals surface area contributed by atoms with Crippen LogP contribution in [0.3, 0.4) is 0 Å². The summed E-state index contributed by atoms with van der Waals surface area (Å²) in [4.78, 5) is 11.0. The standard InChI is InChI=1S/C13H16O4/c1-16-13(12(14)15)7-11(8-13)17-9-10-5-3-2-4-6-10/h2-6,11H,7-9H2,1H3,(H,14,15). The maximum absolute atomic E-state index is 11.0. The summed E-state index contributed by atoms with van der Waals surface area (Å²) in [6, 6.07) is 9.83. The lowest BCUT2D eigenvalue weighted by Gasteiger charge is -2.42. The molecule has 1 aliphatic rings.